The maximum Gasteiger partial charge on any atom is 0.327 e. The Bertz CT molecular complexity index is 797. The van der Waals surface area contributed by atoms with E-state index in [-0.39, 0.29) is 23.9 Å². The number of hydrogen-bond acceptors (Lipinski definition) is 6. The van der Waals surface area contributed by atoms with Crippen molar-refractivity contribution < 1.29 is 24.2 Å². The van der Waals surface area contributed by atoms with E-state index in [0.717, 1.165) is 36.3 Å². The van der Waals surface area contributed by atoms with Crippen LogP contribution in [-0.2, 0) is 25.5 Å². The third-order valence-corrected chi connectivity index (χ3v) is 7.85. The van der Waals surface area contributed by atoms with Crippen LogP contribution in [0.15, 0.2) is 30.3 Å². The van der Waals surface area contributed by atoms with Crippen LogP contribution in [0.4, 0.5) is 0 Å². The van der Waals surface area contributed by atoms with Crippen molar-refractivity contribution in [2.45, 2.75) is 64.1 Å². The van der Waals surface area contributed by atoms with E-state index in [1.54, 1.807) is 25.6 Å². The van der Waals surface area contributed by atoms with Gasteiger partial charge in [0, 0.05) is 17.7 Å². The van der Waals surface area contributed by atoms with E-state index in [4.69, 9.17) is 4.74 Å². The lowest BCUT2D eigenvalue weighted by atomic mass is 9.72. The van der Waals surface area contributed by atoms with Crippen LogP contribution in [0, 0.1) is 5.41 Å². The minimum atomic E-state index is -0.932. The summed E-state index contributed by atoms with van der Waals surface area (Å²) in [4.78, 5) is 39.7. The Morgan fingerprint density at radius 2 is 2.03 bits per heavy atom. The number of nitrogens with zero attached hydrogens (tertiary/aromatic N) is 1. The highest BCUT2D eigenvalue weighted by Gasteiger charge is 2.52. The Kier molecular flexibility index (Phi) is 8.59. The molecule has 0 aromatic heterocycles. The van der Waals surface area contributed by atoms with E-state index >= 15 is 0 Å². The van der Waals surface area contributed by atoms with Gasteiger partial charge < -0.3 is 14.7 Å². The summed E-state index contributed by atoms with van der Waals surface area (Å²) in [5, 5.41) is 13.2. The Hall–Kier alpha value is -2.06. The van der Waals surface area contributed by atoms with Crippen LogP contribution >= 0.6 is 11.8 Å². The number of benzene rings is 1. The van der Waals surface area contributed by atoms with Gasteiger partial charge in [-0.1, -0.05) is 30.3 Å². The summed E-state index contributed by atoms with van der Waals surface area (Å²) in [6, 6.07) is 7.71. The molecule has 2 aliphatic heterocycles. The number of ether oxygens (including phenoxy) is 1. The van der Waals surface area contributed by atoms with Crippen molar-refractivity contribution in [1.29, 1.82) is 0 Å². The average molecular weight is 463 g/mol. The van der Waals surface area contributed by atoms with Crippen LogP contribution in [0.1, 0.15) is 45.1 Å². The normalized spacial score (nSPS) is 24.8. The highest BCUT2D eigenvalue weighted by Crippen LogP contribution is 2.47. The second kappa shape index (κ2) is 11.2. The fraction of sp³-hybridized carbons (Fsp3) is 0.625. The zero-order valence-corrected chi connectivity index (χ0v) is 19.7. The Morgan fingerprint density at radius 3 is 2.66 bits per heavy atom. The summed E-state index contributed by atoms with van der Waals surface area (Å²) in [7, 11) is 0. The van der Waals surface area contributed by atoms with Crippen molar-refractivity contribution in [3.63, 3.8) is 0 Å². The van der Waals surface area contributed by atoms with Crippen molar-refractivity contribution in [3.8, 4) is 0 Å². The van der Waals surface area contributed by atoms with Crippen LogP contribution in [-0.4, -0.2) is 70.6 Å². The van der Waals surface area contributed by atoms with Gasteiger partial charge in [0.15, 0.2) is 0 Å². The number of rotatable bonds is 9. The molecule has 0 saturated carbocycles. The lowest BCUT2D eigenvalue weighted by Crippen LogP contribution is -2.62. The summed E-state index contributed by atoms with van der Waals surface area (Å²) < 4.78 is 5.23. The maximum atomic E-state index is 13.4. The number of carbonyl (C=O) groups is 3. The van der Waals surface area contributed by atoms with Gasteiger partial charge in [0.25, 0.3) is 0 Å². The number of carbonyl (C=O) groups excluding carboxylic acids is 2. The van der Waals surface area contributed by atoms with Crippen molar-refractivity contribution in [3.05, 3.63) is 35.9 Å². The highest BCUT2D eigenvalue weighted by molar-refractivity contribution is 7.99. The van der Waals surface area contributed by atoms with E-state index in [1.807, 2.05) is 30.3 Å². The molecule has 2 aliphatic rings. The quantitative estimate of drug-likeness (QED) is 0.545. The topological polar surface area (TPSA) is 95.9 Å². The van der Waals surface area contributed by atoms with Crippen LogP contribution in [0.3, 0.4) is 0 Å². The lowest BCUT2D eigenvalue weighted by molar-refractivity contribution is -0.160. The first-order chi connectivity index (χ1) is 15.4. The number of aryl methyl sites for hydroxylation is 1. The van der Waals surface area contributed by atoms with Crippen molar-refractivity contribution >= 4 is 29.6 Å². The zero-order chi connectivity index (χ0) is 23.1. The summed E-state index contributed by atoms with van der Waals surface area (Å²) in [6.45, 7) is 4.16. The van der Waals surface area contributed by atoms with Crippen LogP contribution < -0.4 is 5.32 Å². The molecule has 0 radical (unpaired) electrons. The molecule has 2 N–H and O–H groups in total. The molecular formula is C24H34N2O5S. The van der Waals surface area contributed by atoms with Gasteiger partial charge in [-0.2, -0.15) is 11.8 Å². The zero-order valence-electron chi connectivity index (χ0n) is 18.9. The first-order valence-corrected chi connectivity index (χ1v) is 12.6. The predicted octanol–water partition coefficient (Wildman–Crippen LogP) is 2.73. The first-order valence-electron chi connectivity index (χ1n) is 11.5. The highest BCUT2D eigenvalue weighted by atomic mass is 32.2. The van der Waals surface area contributed by atoms with Crippen molar-refractivity contribution in [1.82, 2.24) is 10.2 Å². The minimum Gasteiger partial charge on any atom is -0.480 e. The van der Waals surface area contributed by atoms with E-state index in [1.165, 1.54) is 4.90 Å². The minimum absolute atomic E-state index is 0.262. The number of carboxylic acid groups (broad SMARTS) is 1. The van der Waals surface area contributed by atoms with Crippen LogP contribution in [0.5, 0.6) is 0 Å². The van der Waals surface area contributed by atoms with Gasteiger partial charge in [0.2, 0.25) is 5.91 Å². The van der Waals surface area contributed by atoms with Crippen LogP contribution in [0.2, 0.25) is 0 Å². The first kappa shape index (κ1) is 24.6. The SMILES string of the molecule is CCOC(=O)[C@H](CCc1ccccc1)NC(C)C(=O)N1CCCC2(CCSC2)[C@H]1C(=O)O. The number of aliphatic carboxylic acids is 1. The fourth-order valence-corrected chi connectivity index (χ4v) is 6.50. The predicted molar refractivity (Wildman–Crippen MR) is 125 cm³/mol. The number of thioether (sulfide) groups is 1. The molecule has 7 nitrogen and oxygen atoms in total. The summed E-state index contributed by atoms with van der Waals surface area (Å²) in [6.07, 6.45) is 3.62. The lowest BCUT2D eigenvalue weighted by Gasteiger charge is -2.46. The molecule has 4 atom stereocenters. The van der Waals surface area contributed by atoms with Crippen molar-refractivity contribution in [2.24, 2.45) is 5.41 Å². The average Bonchev–Trinajstić information content (AvgIpc) is 3.24. The monoisotopic (exact) mass is 462 g/mol. The molecule has 8 heteroatoms. The maximum absolute atomic E-state index is 13.4. The van der Waals surface area contributed by atoms with Gasteiger partial charge in [-0.25, -0.2) is 4.79 Å². The van der Waals surface area contributed by atoms with E-state index in [0.29, 0.717) is 19.4 Å². The molecule has 176 valence electrons. The van der Waals surface area contributed by atoms with E-state index < -0.39 is 24.1 Å². The number of carboxylic acids is 1. The van der Waals surface area contributed by atoms with Gasteiger partial charge in [-0.05, 0) is 57.3 Å². The molecule has 2 unspecified atom stereocenters. The molecule has 1 spiro atoms. The molecule has 2 saturated heterocycles. The summed E-state index contributed by atoms with van der Waals surface area (Å²) in [5.74, 6) is 0.128. The number of likely N-dealkylation sites (tertiary alicyclic amines) is 1. The molecule has 32 heavy (non-hydrogen) atoms. The molecule has 0 bridgehead atoms. The second-order valence-corrected chi connectivity index (χ2v) is 9.86. The van der Waals surface area contributed by atoms with Crippen LogP contribution in [0.25, 0.3) is 0 Å². The molecule has 3 rings (SSSR count). The smallest absolute Gasteiger partial charge is 0.327 e. The van der Waals surface area contributed by atoms with Gasteiger partial charge >= 0.3 is 11.9 Å². The second-order valence-electron chi connectivity index (χ2n) is 8.76. The summed E-state index contributed by atoms with van der Waals surface area (Å²) in [5.41, 5.74) is 0.753. The molecule has 1 aromatic rings. The molecular weight excluding hydrogens is 428 g/mol. The summed E-state index contributed by atoms with van der Waals surface area (Å²) >= 11 is 1.77. The van der Waals surface area contributed by atoms with Gasteiger partial charge in [-0.15, -0.1) is 0 Å². The third-order valence-electron chi connectivity index (χ3n) is 6.57. The van der Waals surface area contributed by atoms with Gasteiger partial charge in [-0.3, -0.25) is 14.9 Å². The van der Waals surface area contributed by atoms with Gasteiger partial charge in [0.05, 0.1) is 12.6 Å². The number of amides is 1. The molecule has 2 fully saturated rings. The molecule has 0 aliphatic carbocycles. The van der Waals surface area contributed by atoms with E-state index in [9.17, 15) is 19.5 Å². The standard InChI is InChI=1S/C24H34N2O5S/c1-3-31-23(30)19(11-10-18-8-5-4-6-9-18)25-17(2)21(27)26-14-7-12-24(13-15-32-16-24)20(26)22(28)29/h4-6,8-9,17,19-20,25H,3,7,10-16H2,1-2H3,(H,28,29)/t17?,19-,20+,24?/m0/s1. The Labute approximate surface area is 194 Å². The Morgan fingerprint density at radius 1 is 1.28 bits per heavy atom. The third kappa shape index (κ3) is 5.64. The van der Waals surface area contributed by atoms with Gasteiger partial charge in [0.1, 0.15) is 12.1 Å². The number of hydrogen-bond donors (Lipinski definition) is 2. The van der Waals surface area contributed by atoms with Crippen molar-refractivity contribution in [2.75, 3.05) is 24.7 Å². The number of esters is 1. The largest absolute Gasteiger partial charge is 0.480 e. The molecule has 2 heterocycles. The fourth-order valence-electron chi connectivity index (χ4n) is 4.96. The number of nitrogens with one attached hydrogen (secondary N) is 1. The van der Waals surface area contributed by atoms with E-state index in [2.05, 4.69) is 5.32 Å². The number of piperidine rings is 1. The molecule has 1 amide bonds. The Balaban J connectivity index is 1.71. The molecule has 1 aromatic carbocycles.